The first kappa shape index (κ1) is 27.1. The Morgan fingerprint density at radius 1 is 0.949 bits per heavy atom. The highest BCUT2D eigenvalue weighted by Crippen LogP contribution is 2.89. The number of rotatable bonds is 1. The number of hydrogen-bond donors (Lipinski definition) is 3. The molecule has 39 heavy (non-hydrogen) atoms. The zero-order valence-electron chi connectivity index (χ0n) is 25.0. The Hall–Kier alpha value is -0.730. The van der Waals surface area contributed by atoms with E-state index in [1.165, 1.54) is 6.42 Å². The highest BCUT2D eigenvalue weighted by Gasteiger charge is 2.85. The minimum absolute atomic E-state index is 0.0557. The summed E-state index contributed by atoms with van der Waals surface area (Å²) in [6.07, 6.45) is 5.92. The molecule has 14 atom stereocenters. The second kappa shape index (κ2) is 7.61. The predicted molar refractivity (Wildman–Crippen MR) is 143 cm³/mol. The van der Waals surface area contributed by atoms with E-state index in [1.54, 1.807) is 13.8 Å². The molecular weight excluding hydrogens is 496 g/mol. The fourth-order valence-electron chi connectivity index (χ4n) is 12.9. The second-order valence-corrected chi connectivity index (χ2v) is 16.5. The van der Waals surface area contributed by atoms with Crippen LogP contribution in [0.2, 0.25) is 0 Å². The van der Waals surface area contributed by atoms with Crippen LogP contribution in [-0.4, -0.2) is 63.7 Å². The van der Waals surface area contributed by atoms with E-state index in [4.69, 9.17) is 14.2 Å². The van der Waals surface area contributed by atoms with Crippen molar-refractivity contribution >= 4 is 5.97 Å². The summed E-state index contributed by atoms with van der Waals surface area (Å²) in [5.74, 6) is -0.0928. The van der Waals surface area contributed by atoms with Gasteiger partial charge in [0.05, 0.1) is 18.8 Å². The number of hydrogen-bond acceptors (Lipinski definition) is 7. The third-order valence-corrected chi connectivity index (χ3v) is 14.6. The summed E-state index contributed by atoms with van der Waals surface area (Å²) in [6.45, 7) is 14.8. The lowest BCUT2D eigenvalue weighted by atomic mass is 9.41. The SMILES string of the molecule is CC(=O)OC1CC23CC24CCC(O)C(C)(C)C4CCC3C2(C)CC3OC4(CC(C)C3C12C)OCC(C)(O)C4O. The molecule has 2 aliphatic heterocycles. The number of carbonyl (C=O) groups is 1. The van der Waals surface area contributed by atoms with Gasteiger partial charge in [0.1, 0.15) is 17.8 Å². The molecule has 14 unspecified atom stereocenters. The lowest BCUT2D eigenvalue weighted by Crippen LogP contribution is -2.64. The van der Waals surface area contributed by atoms with Crippen LogP contribution < -0.4 is 0 Å². The Labute approximate surface area is 233 Å². The zero-order valence-corrected chi connectivity index (χ0v) is 25.0. The van der Waals surface area contributed by atoms with Gasteiger partial charge in [-0.05, 0) is 97.2 Å². The number of esters is 1. The van der Waals surface area contributed by atoms with E-state index in [0.29, 0.717) is 18.3 Å². The summed E-state index contributed by atoms with van der Waals surface area (Å²) in [4.78, 5) is 12.6. The lowest BCUT2D eigenvalue weighted by Gasteiger charge is -2.65. The molecule has 7 rings (SSSR count). The molecule has 5 saturated carbocycles. The highest BCUT2D eigenvalue weighted by molar-refractivity contribution is 5.66. The first-order valence-corrected chi connectivity index (χ1v) is 15.6. The average molecular weight is 547 g/mol. The van der Waals surface area contributed by atoms with E-state index in [1.807, 2.05) is 0 Å². The van der Waals surface area contributed by atoms with Crippen molar-refractivity contribution in [1.82, 2.24) is 0 Å². The van der Waals surface area contributed by atoms with Gasteiger partial charge in [-0.1, -0.05) is 34.6 Å². The number of aliphatic hydroxyl groups excluding tert-OH is 2. The smallest absolute Gasteiger partial charge is 0.302 e. The van der Waals surface area contributed by atoms with Crippen molar-refractivity contribution < 1.29 is 34.3 Å². The van der Waals surface area contributed by atoms with Gasteiger partial charge in [0.2, 0.25) is 0 Å². The van der Waals surface area contributed by atoms with E-state index in [-0.39, 0.29) is 69.8 Å². The van der Waals surface area contributed by atoms with Crippen molar-refractivity contribution in [3.8, 4) is 0 Å². The van der Waals surface area contributed by atoms with Crippen molar-refractivity contribution in [3.63, 3.8) is 0 Å². The fourth-order valence-corrected chi connectivity index (χ4v) is 12.9. The molecular formula is C32H50O7. The van der Waals surface area contributed by atoms with Gasteiger partial charge in [-0.3, -0.25) is 4.79 Å². The van der Waals surface area contributed by atoms with Crippen LogP contribution in [0.25, 0.3) is 0 Å². The standard InChI is InChI=1S/C32H50O7/c1-17-12-32(25(35)28(6,36)16-37-32)39-19-13-27(5)21-9-8-20-26(3,4)22(34)10-11-30(20)15-31(21,30)14-23(38-18(2)33)29(27,7)24(17)19/h17,19-25,34-36H,8-16H2,1-7H3. The number of carbonyl (C=O) groups excluding carboxylic acids is 1. The number of fused-ring (bicyclic) bond motifs is 4. The van der Waals surface area contributed by atoms with Crippen molar-refractivity contribution in [1.29, 1.82) is 0 Å². The van der Waals surface area contributed by atoms with Gasteiger partial charge in [0.15, 0.2) is 5.79 Å². The Morgan fingerprint density at radius 2 is 1.64 bits per heavy atom. The molecule has 0 aromatic heterocycles. The third kappa shape index (κ3) is 2.95. The van der Waals surface area contributed by atoms with Crippen molar-refractivity contribution in [3.05, 3.63) is 0 Å². The largest absolute Gasteiger partial charge is 0.462 e. The second-order valence-electron chi connectivity index (χ2n) is 16.5. The van der Waals surface area contributed by atoms with Crippen LogP contribution in [0.1, 0.15) is 99.8 Å². The first-order chi connectivity index (χ1) is 18.0. The molecule has 2 heterocycles. The first-order valence-electron chi connectivity index (χ1n) is 15.6. The van der Waals surface area contributed by atoms with Gasteiger partial charge in [-0.15, -0.1) is 0 Å². The minimum atomic E-state index is -1.34. The van der Waals surface area contributed by atoms with Gasteiger partial charge >= 0.3 is 5.97 Å². The van der Waals surface area contributed by atoms with Gasteiger partial charge in [-0.25, -0.2) is 0 Å². The van der Waals surface area contributed by atoms with E-state index < -0.39 is 17.5 Å². The van der Waals surface area contributed by atoms with E-state index in [0.717, 1.165) is 38.5 Å². The van der Waals surface area contributed by atoms with E-state index >= 15 is 0 Å². The highest BCUT2D eigenvalue weighted by atomic mass is 16.7. The van der Waals surface area contributed by atoms with E-state index in [2.05, 4.69) is 34.6 Å². The predicted octanol–water partition coefficient (Wildman–Crippen LogP) is 4.20. The quantitative estimate of drug-likeness (QED) is 0.423. The van der Waals surface area contributed by atoms with Crippen molar-refractivity contribution in [2.75, 3.05) is 6.61 Å². The molecule has 220 valence electrons. The topological polar surface area (TPSA) is 105 Å². The minimum Gasteiger partial charge on any atom is -0.462 e. The van der Waals surface area contributed by atoms with Crippen LogP contribution in [-0.2, 0) is 19.0 Å². The van der Waals surface area contributed by atoms with Crippen LogP contribution in [0.15, 0.2) is 0 Å². The molecule has 0 amide bonds. The number of aliphatic hydroxyl groups is 3. The molecule has 7 fully saturated rings. The summed E-state index contributed by atoms with van der Waals surface area (Å²) in [5, 5.41) is 33.0. The summed E-state index contributed by atoms with van der Waals surface area (Å²) >= 11 is 0. The molecule has 0 aromatic carbocycles. The van der Waals surface area contributed by atoms with Crippen LogP contribution in [0.4, 0.5) is 0 Å². The summed E-state index contributed by atoms with van der Waals surface area (Å²) in [6, 6.07) is 0. The summed E-state index contributed by atoms with van der Waals surface area (Å²) in [7, 11) is 0. The van der Waals surface area contributed by atoms with Crippen LogP contribution in [0.5, 0.6) is 0 Å². The molecule has 3 spiro atoms. The normalized spacial score (nSPS) is 62.4. The molecule has 3 N–H and O–H groups in total. The molecule has 5 aliphatic carbocycles. The van der Waals surface area contributed by atoms with Crippen LogP contribution in [0.3, 0.4) is 0 Å². The maximum atomic E-state index is 12.6. The lowest BCUT2D eigenvalue weighted by molar-refractivity contribution is -0.315. The van der Waals surface area contributed by atoms with Crippen LogP contribution in [0, 0.1) is 50.7 Å². The molecule has 7 nitrogen and oxygen atoms in total. The van der Waals surface area contributed by atoms with Gasteiger partial charge < -0.3 is 29.5 Å². The van der Waals surface area contributed by atoms with Crippen molar-refractivity contribution in [2.24, 2.45) is 50.7 Å². The molecule has 7 heteroatoms. The van der Waals surface area contributed by atoms with Gasteiger partial charge in [0, 0.05) is 18.8 Å². The maximum Gasteiger partial charge on any atom is 0.302 e. The molecule has 7 aliphatic rings. The van der Waals surface area contributed by atoms with Crippen molar-refractivity contribution in [2.45, 2.75) is 136 Å². The molecule has 0 aromatic rings. The Kier molecular flexibility index (Phi) is 5.29. The number of ether oxygens (including phenoxy) is 3. The summed E-state index contributed by atoms with van der Waals surface area (Å²) in [5.41, 5.74) is -1.48. The Morgan fingerprint density at radius 3 is 2.28 bits per heavy atom. The molecule has 2 saturated heterocycles. The van der Waals surface area contributed by atoms with Gasteiger partial charge in [0.25, 0.3) is 0 Å². The monoisotopic (exact) mass is 546 g/mol. The van der Waals surface area contributed by atoms with E-state index in [9.17, 15) is 20.1 Å². The Balaban J connectivity index is 1.31. The average Bonchev–Trinajstić information content (AvgIpc) is 3.35. The fraction of sp³-hybridized carbons (Fsp3) is 0.969. The molecule has 0 bridgehead atoms. The van der Waals surface area contributed by atoms with Crippen LogP contribution >= 0.6 is 0 Å². The Bertz CT molecular complexity index is 1090. The molecule has 0 radical (unpaired) electrons. The van der Waals surface area contributed by atoms with Gasteiger partial charge in [-0.2, -0.15) is 0 Å². The zero-order chi connectivity index (χ0) is 28.2. The summed E-state index contributed by atoms with van der Waals surface area (Å²) < 4.78 is 19.3. The maximum absolute atomic E-state index is 12.6. The third-order valence-electron chi connectivity index (χ3n) is 14.6.